The Balaban J connectivity index is 1.78. The van der Waals surface area contributed by atoms with Crippen LogP contribution in [-0.2, 0) is 4.74 Å². The Morgan fingerprint density at radius 1 is 1.23 bits per heavy atom. The maximum absolute atomic E-state index is 5.57. The number of nitrogens with one attached hydrogen (secondary N) is 1. The second kappa shape index (κ2) is 7.34. The van der Waals surface area contributed by atoms with Gasteiger partial charge in [-0.1, -0.05) is 19.3 Å². The number of unbranched alkanes of at least 4 members (excludes halogenated alkanes) is 3. The van der Waals surface area contributed by atoms with Gasteiger partial charge in [0.15, 0.2) is 0 Å². The van der Waals surface area contributed by atoms with Crippen LogP contribution in [0.15, 0.2) is 0 Å². The summed E-state index contributed by atoms with van der Waals surface area (Å²) in [5.41, 5.74) is 0. The second-order valence-corrected chi connectivity index (χ2v) is 3.94. The highest BCUT2D eigenvalue weighted by Crippen LogP contribution is 2.18. The molecular weight excluding hydrogens is 162 g/mol. The van der Waals surface area contributed by atoms with Gasteiger partial charge in [0.25, 0.3) is 0 Å². The van der Waals surface area contributed by atoms with Crippen molar-refractivity contribution in [1.29, 1.82) is 0 Å². The van der Waals surface area contributed by atoms with Crippen molar-refractivity contribution in [3.63, 3.8) is 0 Å². The molecule has 1 aliphatic rings. The summed E-state index contributed by atoms with van der Waals surface area (Å²) < 4.78 is 5.57. The monoisotopic (exact) mass is 185 g/mol. The largest absolute Gasteiger partial charge is 0.378 e. The molecule has 1 fully saturated rings. The molecule has 2 nitrogen and oxygen atoms in total. The van der Waals surface area contributed by atoms with Crippen LogP contribution in [0.1, 0.15) is 44.9 Å². The Morgan fingerprint density at radius 2 is 2.08 bits per heavy atom. The minimum absolute atomic E-state index is 0.601. The lowest BCUT2D eigenvalue weighted by Gasteiger charge is -2.08. The molecule has 0 aliphatic carbocycles. The van der Waals surface area contributed by atoms with E-state index < -0.39 is 0 Å². The minimum atomic E-state index is 0.601. The predicted octanol–water partition coefficient (Wildman–Crippen LogP) is 2.34. The van der Waals surface area contributed by atoms with Gasteiger partial charge in [0.2, 0.25) is 0 Å². The summed E-state index contributed by atoms with van der Waals surface area (Å²) in [4.78, 5) is 0. The maximum Gasteiger partial charge on any atom is 0.0576 e. The van der Waals surface area contributed by atoms with Crippen molar-refractivity contribution in [3.8, 4) is 0 Å². The fourth-order valence-electron chi connectivity index (χ4n) is 1.90. The average molecular weight is 185 g/mol. The van der Waals surface area contributed by atoms with Crippen molar-refractivity contribution in [2.75, 3.05) is 20.2 Å². The number of ether oxygens (including phenoxy) is 1. The first-order valence-electron chi connectivity index (χ1n) is 5.69. The number of hydrogen-bond acceptors (Lipinski definition) is 2. The molecule has 1 saturated heterocycles. The van der Waals surface area contributed by atoms with Crippen LogP contribution in [-0.4, -0.2) is 26.3 Å². The molecule has 1 aliphatic heterocycles. The SMILES string of the molecule is CNCCCCCCC1CCCO1. The van der Waals surface area contributed by atoms with Crippen molar-refractivity contribution in [2.24, 2.45) is 0 Å². The summed E-state index contributed by atoms with van der Waals surface area (Å²) in [7, 11) is 2.02. The van der Waals surface area contributed by atoms with E-state index in [1.165, 1.54) is 51.5 Å². The summed E-state index contributed by atoms with van der Waals surface area (Å²) in [5, 5.41) is 3.18. The van der Waals surface area contributed by atoms with E-state index in [2.05, 4.69) is 5.32 Å². The topological polar surface area (TPSA) is 21.3 Å². The fraction of sp³-hybridized carbons (Fsp3) is 1.00. The summed E-state index contributed by atoms with van der Waals surface area (Å²) in [6.45, 7) is 2.17. The molecule has 2 heteroatoms. The van der Waals surface area contributed by atoms with E-state index >= 15 is 0 Å². The summed E-state index contributed by atoms with van der Waals surface area (Å²) in [6.07, 6.45) is 9.90. The van der Waals surface area contributed by atoms with Gasteiger partial charge in [0, 0.05) is 6.61 Å². The zero-order valence-electron chi connectivity index (χ0n) is 8.85. The third-order valence-electron chi connectivity index (χ3n) is 2.73. The van der Waals surface area contributed by atoms with Gasteiger partial charge in [-0.3, -0.25) is 0 Å². The molecule has 0 saturated carbocycles. The average Bonchev–Trinajstić information content (AvgIpc) is 2.63. The highest BCUT2D eigenvalue weighted by atomic mass is 16.5. The predicted molar refractivity (Wildman–Crippen MR) is 56.0 cm³/mol. The van der Waals surface area contributed by atoms with E-state index in [4.69, 9.17) is 4.74 Å². The molecule has 0 spiro atoms. The standard InChI is InChI=1S/C11H23NO/c1-12-9-5-3-2-4-7-11-8-6-10-13-11/h11-12H,2-10H2,1H3. The van der Waals surface area contributed by atoms with Gasteiger partial charge in [-0.2, -0.15) is 0 Å². The van der Waals surface area contributed by atoms with Crippen LogP contribution in [0.5, 0.6) is 0 Å². The second-order valence-electron chi connectivity index (χ2n) is 3.94. The van der Waals surface area contributed by atoms with Gasteiger partial charge in [-0.05, 0) is 39.3 Å². The lowest BCUT2D eigenvalue weighted by Crippen LogP contribution is -2.07. The van der Waals surface area contributed by atoms with Crippen LogP contribution in [0.3, 0.4) is 0 Å². The third-order valence-corrected chi connectivity index (χ3v) is 2.73. The lowest BCUT2D eigenvalue weighted by molar-refractivity contribution is 0.102. The fourth-order valence-corrected chi connectivity index (χ4v) is 1.90. The van der Waals surface area contributed by atoms with Gasteiger partial charge in [-0.15, -0.1) is 0 Å². The van der Waals surface area contributed by atoms with E-state index in [1.807, 2.05) is 7.05 Å². The summed E-state index contributed by atoms with van der Waals surface area (Å²) in [6, 6.07) is 0. The Labute approximate surface area is 82.0 Å². The molecule has 0 aromatic rings. The molecule has 0 radical (unpaired) electrons. The first-order valence-corrected chi connectivity index (χ1v) is 5.69. The molecule has 1 rings (SSSR count). The highest BCUT2D eigenvalue weighted by molar-refractivity contribution is 4.64. The third kappa shape index (κ3) is 5.27. The molecule has 13 heavy (non-hydrogen) atoms. The van der Waals surface area contributed by atoms with E-state index in [-0.39, 0.29) is 0 Å². The van der Waals surface area contributed by atoms with Gasteiger partial charge < -0.3 is 10.1 Å². The molecule has 1 unspecified atom stereocenters. The molecule has 1 heterocycles. The maximum atomic E-state index is 5.57. The molecule has 0 amide bonds. The minimum Gasteiger partial charge on any atom is -0.378 e. The zero-order valence-corrected chi connectivity index (χ0v) is 8.85. The van der Waals surface area contributed by atoms with Crippen molar-refractivity contribution in [2.45, 2.75) is 51.0 Å². The smallest absolute Gasteiger partial charge is 0.0576 e. The van der Waals surface area contributed by atoms with Crippen LogP contribution < -0.4 is 5.32 Å². The Morgan fingerprint density at radius 3 is 2.77 bits per heavy atom. The van der Waals surface area contributed by atoms with Crippen LogP contribution in [0.4, 0.5) is 0 Å². The molecule has 1 atom stereocenters. The normalized spacial score (nSPS) is 22.4. The van der Waals surface area contributed by atoms with E-state index in [1.54, 1.807) is 0 Å². The highest BCUT2D eigenvalue weighted by Gasteiger charge is 2.13. The van der Waals surface area contributed by atoms with Gasteiger partial charge in [0.1, 0.15) is 0 Å². The van der Waals surface area contributed by atoms with E-state index in [0.717, 1.165) is 6.61 Å². The summed E-state index contributed by atoms with van der Waals surface area (Å²) in [5.74, 6) is 0. The number of hydrogen-bond donors (Lipinski definition) is 1. The van der Waals surface area contributed by atoms with Crippen molar-refractivity contribution >= 4 is 0 Å². The van der Waals surface area contributed by atoms with E-state index in [0.29, 0.717) is 6.10 Å². The van der Waals surface area contributed by atoms with Crippen molar-refractivity contribution in [3.05, 3.63) is 0 Å². The molecule has 0 aromatic carbocycles. The van der Waals surface area contributed by atoms with Crippen molar-refractivity contribution in [1.82, 2.24) is 5.32 Å². The van der Waals surface area contributed by atoms with Gasteiger partial charge in [0.05, 0.1) is 6.10 Å². The Bertz CT molecular complexity index is 111. The first-order chi connectivity index (χ1) is 6.43. The quantitative estimate of drug-likeness (QED) is 0.615. The Hall–Kier alpha value is -0.0800. The zero-order chi connectivity index (χ0) is 9.36. The first kappa shape index (κ1) is 11.0. The van der Waals surface area contributed by atoms with Crippen LogP contribution in [0.25, 0.3) is 0 Å². The molecule has 78 valence electrons. The number of rotatable bonds is 7. The molecule has 0 aromatic heterocycles. The Kier molecular flexibility index (Phi) is 6.21. The van der Waals surface area contributed by atoms with E-state index in [9.17, 15) is 0 Å². The molecule has 0 bridgehead atoms. The van der Waals surface area contributed by atoms with Crippen LogP contribution in [0, 0.1) is 0 Å². The van der Waals surface area contributed by atoms with Gasteiger partial charge in [-0.25, -0.2) is 0 Å². The lowest BCUT2D eigenvalue weighted by atomic mass is 10.1. The molecular formula is C11H23NO. The van der Waals surface area contributed by atoms with Gasteiger partial charge >= 0.3 is 0 Å². The molecule has 1 N–H and O–H groups in total. The van der Waals surface area contributed by atoms with Crippen LogP contribution in [0.2, 0.25) is 0 Å². The van der Waals surface area contributed by atoms with Crippen LogP contribution >= 0.6 is 0 Å². The van der Waals surface area contributed by atoms with Crippen molar-refractivity contribution < 1.29 is 4.74 Å². The summed E-state index contributed by atoms with van der Waals surface area (Å²) >= 11 is 0.